The Labute approximate surface area is 336 Å². The summed E-state index contributed by atoms with van der Waals surface area (Å²) in [6, 6.07) is 72.2. The van der Waals surface area contributed by atoms with Gasteiger partial charge in [0.05, 0.1) is 11.4 Å². The van der Waals surface area contributed by atoms with Gasteiger partial charge in [0.1, 0.15) is 0 Å². The number of rotatable bonds is 6. The summed E-state index contributed by atoms with van der Waals surface area (Å²) in [6.07, 6.45) is 0. The molecule has 3 heteroatoms. The van der Waals surface area contributed by atoms with Gasteiger partial charge in [0, 0.05) is 42.3 Å². The first kappa shape index (κ1) is 33.4. The molecule has 0 bridgehead atoms. The Morgan fingerprint density at radius 3 is 1.81 bits per heavy atom. The molecule has 57 heavy (non-hydrogen) atoms. The molecule has 0 fully saturated rings. The minimum Gasteiger partial charge on any atom is -0.228 e. The van der Waals surface area contributed by atoms with Crippen LogP contribution < -0.4 is 0 Å². The number of benzene rings is 8. The van der Waals surface area contributed by atoms with Crippen LogP contribution in [-0.2, 0) is 5.41 Å². The van der Waals surface area contributed by atoms with Crippen molar-refractivity contribution in [2.75, 3.05) is 0 Å². The van der Waals surface area contributed by atoms with Gasteiger partial charge in [0.15, 0.2) is 5.82 Å². The number of fused-ring (bicyclic) bond motifs is 6. The van der Waals surface area contributed by atoms with E-state index in [1.165, 1.54) is 64.7 Å². The molecular weight excluding hydrogens is 709 g/mol. The summed E-state index contributed by atoms with van der Waals surface area (Å²) in [5.74, 6) is 0.707. The lowest BCUT2D eigenvalue weighted by Gasteiger charge is -2.28. The van der Waals surface area contributed by atoms with Gasteiger partial charge in [-0.3, -0.25) is 0 Å². The van der Waals surface area contributed by atoms with Crippen molar-refractivity contribution in [3.05, 3.63) is 217 Å². The molecule has 0 aliphatic heterocycles. The van der Waals surface area contributed by atoms with Crippen LogP contribution >= 0.6 is 11.3 Å². The fourth-order valence-electron chi connectivity index (χ4n) is 8.94. The molecule has 10 aromatic rings. The van der Waals surface area contributed by atoms with Crippen LogP contribution in [0.3, 0.4) is 0 Å². The Kier molecular flexibility index (Phi) is 7.84. The maximum Gasteiger partial charge on any atom is 0.160 e. The molecule has 0 amide bonds. The minimum atomic E-state index is -0.282. The molecule has 0 N–H and O–H groups in total. The van der Waals surface area contributed by atoms with E-state index in [9.17, 15) is 0 Å². The van der Waals surface area contributed by atoms with Crippen LogP contribution in [0.4, 0.5) is 0 Å². The molecular formula is C54H36N2S. The normalized spacial score (nSPS) is 14.5. The summed E-state index contributed by atoms with van der Waals surface area (Å²) in [6.45, 7) is 2.37. The zero-order valence-electron chi connectivity index (χ0n) is 31.4. The maximum atomic E-state index is 5.28. The molecule has 11 rings (SSSR count). The van der Waals surface area contributed by atoms with E-state index in [1.54, 1.807) is 0 Å². The lowest BCUT2D eigenvalue weighted by atomic mass is 9.74. The minimum absolute atomic E-state index is 0.282. The fourth-order valence-corrected chi connectivity index (χ4v) is 10.2. The number of aromatic nitrogens is 2. The van der Waals surface area contributed by atoms with Crippen LogP contribution in [0, 0.1) is 0 Å². The second-order valence-corrected chi connectivity index (χ2v) is 16.1. The van der Waals surface area contributed by atoms with Crippen LogP contribution in [0.15, 0.2) is 200 Å². The van der Waals surface area contributed by atoms with E-state index in [-0.39, 0.29) is 5.41 Å². The highest BCUT2D eigenvalue weighted by Gasteiger charge is 2.40. The third-order valence-electron chi connectivity index (χ3n) is 11.8. The van der Waals surface area contributed by atoms with Crippen LogP contribution in [0.2, 0.25) is 0 Å². The summed E-state index contributed by atoms with van der Waals surface area (Å²) in [5.41, 5.74) is 15.9. The van der Waals surface area contributed by atoms with E-state index in [0.29, 0.717) is 5.82 Å². The van der Waals surface area contributed by atoms with Crippen LogP contribution in [0.25, 0.3) is 87.5 Å². The van der Waals surface area contributed by atoms with Gasteiger partial charge in [-0.1, -0.05) is 182 Å². The van der Waals surface area contributed by atoms with E-state index in [1.807, 2.05) is 17.4 Å². The first-order valence-electron chi connectivity index (χ1n) is 19.5. The van der Waals surface area contributed by atoms with Gasteiger partial charge < -0.3 is 0 Å². The van der Waals surface area contributed by atoms with Gasteiger partial charge in [-0.05, 0) is 75.2 Å². The Balaban J connectivity index is 1.04. The summed E-state index contributed by atoms with van der Waals surface area (Å²) < 4.78 is 2.63. The average molecular weight is 745 g/mol. The Morgan fingerprint density at radius 2 is 0.982 bits per heavy atom. The zero-order valence-corrected chi connectivity index (χ0v) is 32.2. The van der Waals surface area contributed by atoms with Crippen molar-refractivity contribution in [2.24, 2.45) is 0 Å². The molecule has 268 valence electrons. The van der Waals surface area contributed by atoms with E-state index in [2.05, 4.69) is 201 Å². The van der Waals surface area contributed by atoms with E-state index >= 15 is 0 Å². The molecule has 1 atom stereocenters. The van der Waals surface area contributed by atoms with Crippen molar-refractivity contribution in [1.29, 1.82) is 0 Å². The van der Waals surface area contributed by atoms with Crippen molar-refractivity contribution in [2.45, 2.75) is 12.3 Å². The number of hydrogen-bond acceptors (Lipinski definition) is 3. The van der Waals surface area contributed by atoms with Gasteiger partial charge in [-0.25, -0.2) is 9.97 Å². The monoisotopic (exact) mass is 744 g/mol. The highest BCUT2D eigenvalue weighted by atomic mass is 32.1. The lowest BCUT2D eigenvalue weighted by molar-refractivity contribution is 0.714. The number of nitrogens with zero attached hydrogens (tertiary/aromatic N) is 2. The smallest absolute Gasteiger partial charge is 0.160 e. The second kappa shape index (κ2) is 13.4. The van der Waals surface area contributed by atoms with E-state index in [0.717, 1.165) is 33.6 Å². The van der Waals surface area contributed by atoms with Gasteiger partial charge in [-0.15, -0.1) is 11.3 Å². The quantitative estimate of drug-likeness (QED) is 0.169. The Hall–Kier alpha value is -6.94. The molecule has 2 heterocycles. The van der Waals surface area contributed by atoms with Crippen LogP contribution in [0.5, 0.6) is 0 Å². The van der Waals surface area contributed by atoms with E-state index in [4.69, 9.17) is 9.97 Å². The molecule has 0 saturated carbocycles. The molecule has 2 nitrogen and oxygen atoms in total. The predicted molar refractivity (Wildman–Crippen MR) is 240 cm³/mol. The molecule has 1 aliphatic rings. The third kappa shape index (κ3) is 5.46. The fraction of sp³-hybridized carbons (Fsp3) is 0.0370. The van der Waals surface area contributed by atoms with Crippen molar-refractivity contribution in [3.63, 3.8) is 0 Å². The van der Waals surface area contributed by atoms with Crippen molar-refractivity contribution in [3.8, 4) is 67.3 Å². The summed E-state index contributed by atoms with van der Waals surface area (Å²) >= 11 is 1.86. The second-order valence-electron chi connectivity index (χ2n) is 15.0. The van der Waals surface area contributed by atoms with Crippen molar-refractivity contribution in [1.82, 2.24) is 9.97 Å². The van der Waals surface area contributed by atoms with Gasteiger partial charge in [0.25, 0.3) is 0 Å². The van der Waals surface area contributed by atoms with Gasteiger partial charge in [-0.2, -0.15) is 0 Å². The molecule has 1 aliphatic carbocycles. The number of thiophene rings is 1. The molecule has 1 unspecified atom stereocenters. The molecule has 2 aromatic heterocycles. The molecule has 8 aromatic carbocycles. The zero-order chi connectivity index (χ0) is 37.9. The van der Waals surface area contributed by atoms with Crippen LogP contribution in [0.1, 0.15) is 23.6 Å². The molecule has 0 radical (unpaired) electrons. The van der Waals surface area contributed by atoms with Gasteiger partial charge >= 0.3 is 0 Å². The van der Waals surface area contributed by atoms with Crippen LogP contribution in [-0.4, -0.2) is 9.97 Å². The maximum absolute atomic E-state index is 5.28. The summed E-state index contributed by atoms with van der Waals surface area (Å²) in [7, 11) is 0. The van der Waals surface area contributed by atoms with Gasteiger partial charge in [0.2, 0.25) is 0 Å². The predicted octanol–water partition coefficient (Wildman–Crippen LogP) is 14.5. The lowest BCUT2D eigenvalue weighted by Crippen LogP contribution is -2.22. The number of hydrogen-bond donors (Lipinski definition) is 0. The topological polar surface area (TPSA) is 25.8 Å². The highest BCUT2D eigenvalue weighted by Crippen LogP contribution is 2.53. The first-order valence-corrected chi connectivity index (χ1v) is 20.3. The van der Waals surface area contributed by atoms with Crippen molar-refractivity contribution < 1.29 is 0 Å². The average Bonchev–Trinajstić information content (AvgIpc) is 3.80. The SMILES string of the molecule is CC1(c2ccccc2)c2ccccc2-c2ccc(-c3ccccc3-c3cc(-c4ccc(-c5cccc6c5sc5ccccc56)cc4)nc(-c4ccccc4)n3)cc21. The third-order valence-corrected chi connectivity index (χ3v) is 13.1. The largest absolute Gasteiger partial charge is 0.228 e. The van der Waals surface area contributed by atoms with Crippen molar-refractivity contribution >= 4 is 31.5 Å². The van der Waals surface area contributed by atoms with E-state index < -0.39 is 0 Å². The molecule has 0 spiro atoms. The summed E-state index contributed by atoms with van der Waals surface area (Å²) in [4.78, 5) is 10.5. The Bertz CT molecular complexity index is 3130. The highest BCUT2D eigenvalue weighted by molar-refractivity contribution is 7.26. The first-order chi connectivity index (χ1) is 28.1. The molecule has 0 saturated heterocycles. The summed E-state index contributed by atoms with van der Waals surface area (Å²) in [5, 5.41) is 2.62. The standard InChI is InChI=1S/C54H36N2S/c1-54(39-17-6-3-7-18-39)47-25-12-10-20-42(47)43-32-31-38(33-48(43)54)40-19-8-9-21-44(40)50-34-49(55-53(56-50)37-15-4-2-5-16-37)36-29-27-35(28-30-36)41-23-14-24-46-45-22-11-13-26-51(45)57-52(41)46/h2-34H,1H3. The Morgan fingerprint density at radius 1 is 0.386 bits per heavy atom.